The second kappa shape index (κ2) is 7.95. The van der Waals surface area contributed by atoms with Crippen LogP contribution in [0.25, 0.3) is 10.8 Å². The van der Waals surface area contributed by atoms with Crippen molar-refractivity contribution in [2.75, 3.05) is 12.4 Å². The van der Waals surface area contributed by atoms with Gasteiger partial charge in [0.05, 0.1) is 13.2 Å². The Morgan fingerprint density at radius 3 is 2.26 bits per heavy atom. The summed E-state index contributed by atoms with van der Waals surface area (Å²) in [6.45, 7) is 5.43. The van der Waals surface area contributed by atoms with Gasteiger partial charge in [-0.15, -0.1) is 0 Å². The van der Waals surface area contributed by atoms with E-state index in [1.807, 2.05) is 63.2 Å². The molecule has 2 atom stereocenters. The summed E-state index contributed by atoms with van der Waals surface area (Å²) in [5.74, 6) is 0.447. The van der Waals surface area contributed by atoms with Crippen molar-refractivity contribution in [1.29, 1.82) is 0 Å². The summed E-state index contributed by atoms with van der Waals surface area (Å²) in [5.41, 5.74) is 0.892. The van der Waals surface area contributed by atoms with Gasteiger partial charge >= 0.3 is 6.09 Å². The fourth-order valence-corrected chi connectivity index (χ4v) is 3.67. The van der Waals surface area contributed by atoms with Crippen molar-refractivity contribution in [2.45, 2.75) is 38.5 Å². The number of rotatable bonds is 4. The molecule has 6 heteroatoms. The van der Waals surface area contributed by atoms with E-state index in [0.29, 0.717) is 11.4 Å². The van der Waals surface area contributed by atoms with E-state index in [9.17, 15) is 9.59 Å². The van der Waals surface area contributed by atoms with Gasteiger partial charge in [-0.3, -0.25) is 9.69 Å². The summed E-state index contributed by atoms with van der Waals surface area (Å²) in [6.07, 6.45) is -0.500. The average Bonchev–Trinajstić information content (AvgIpc) is 3.49. The third-order valence-electron chi connectivity index (χ3n) is 5.15. The van der Waals surface area contributed by atoms with Crippen LogP contribution in [0.15, 0.2) is 66.7 Å². The Kier molecular flexibility index (Phi) is 5.31. The van der Waals surface area contributed by atoms with Gasteiger partial charge in [0.2, 0.25) is 5.91 Å². The first kappa shape index (κ1) is 20.7. The Labute approximate surface area is 181 Å². The number of hydrogen-bond donors (Lipinski definition) is 1. The fourth-order valence-electron chi connectivity index (χ4n) is 3.67. The van der Waals surface area contributed by atoms with Crippen LogP contribution in [-0.2, 0) is 9.53 Å². The van der Waals surface area contributed by atoms with Crippen molar-refractivity contribution < 1.29 is 19.1 Å². The van der Waals surface area contributed by atoms with E-state index < -0.39 is 17.7 Å². The first-order valence-corrected chi connectivity index (χ1v) is 10.2. The minimum absolute atomic E-state index is 0.255. The van der Waals surface area contributed by atoms with Crippen molar-refractivity contribution in [2.24, 2.45) is 0 Å². The highest BCUT2D eigenvalue weighted by molar-refractivity contribution is 6.01. The van der Waals surface area contributed by atoms with Crippen LogP contribution >= 0.6 is 0 Å². The lowest BCUT2D eigenvalue weighted by Gasteiger charge is -2.20. The number of benzene rings is 3. The van der Waals surface area contributed by atoms with E-state index >= 15 is 0 Å². The molecule has 1 saturated heterocycles. The number of carbonyl (C=O) groups is 2. The largest absolute Gasteiger partial charge is 0.497 e. The van der Waals surface area contributed by atoms with Crippen LogP contribution in [0.4, 0.5) is 10.5 Å². The Morgan fingerprint density at radius 1 is 0.935 bits per heavy atom. The second-order valence-corrected chi connectivity index (χ2v) is 8.60. The minimum atomic E-state index is -0.648. The standard InChI is InChI=1S/C25H26N2O4/c1-25(2,3)31-24(29)27-21(18-10-9-16-7-5-6-8-17(16)15-18)22(27)23(28)26-19-11-13-20(30-4)14-12-19/h5-15,21-22H,1-4H3,(H,26,28)/t21-,22+,27?/m1/s1. The summed E-state index contributed by atoms with van der Waals surface area (Å²) >= 11 is 0. The van der Waals surface area contributed by atoms with E-state index in [0.717, 1.165) is 16.3 Å². The zero-order valence-electron chi connectivity index (χ0n) is 18.1. The molecule has 3 aromatic carbocycles. The van der Waals surface area contributed by atoms with Gasteiger partial charge in [0.25, 0.3) is 0 Å². The van der Waals surface area contributed by atoms with Crippen LogP contribution in [0, 0.1) is 0 Å². The molecule has 6 nitrogen and oxygen atoms in total. The maximum absolute atomic E-state index is 13.1. The number of nitrogens with one attached hydrogen (secondary N) is 1. The summed E-state index contributed by atoms with van der Waals surface area (Å²) in [5, 5.41) is 5.06. The molecule has 1 aliphatic heterocycles. The maximum Gasteiger partial charge on any atom is 0.411 e. The van der Waals surface area contributed by atoms with Gasteiger partial charge in [-0.2, -0.15) is 0 Å². The smallest absolute Gasteiger partial charge is 0.411 e. The van der Waals surface area contributed by atoms with Crippen LogP contribution < -0.4 is 10.1 Å². The second-order valence-electron chi connectivity index (χ2n) is 8.60. The molecule has 0 bridgehead atoms. The molecule has 4 rings (SSSR count). The summed E-state index contributed by atoms with van der Waals surface area (Å²) in [7, 11) is 1.59. The van der Waals surface area contributed by atoms with Crippen LogP contribution in [-0.4, -0.2) is 35.7 Å². The molecule has 1 fully saturated rings. The van der Waals surface area contributed by atoms with Gasteiger partial charge in [0, 0.05) is 5.69 Å². The maximum atomic E-state index is 13.1. The monoisotopic (exact) mass is 418 g/mol. The molecule has 1 N–H and O–H groups in total. The normalized spacial score (nSPS) is 17.9. The molecule has 0 unspecified atom stereocenters. The lowest BCUT2D eigenvalue weighted by molar-refractivity contribution is -0.116. The molecule has 31 heavy (non-hydrogen) atoms. The SMILES string of the molecule is COc1ccc(NC(=O)[C@@H]2[C@@H](c3ccc4ccccc4c3)N2C(=O)OC(C)(C)C)cc1. The predicted molar refractivity (Wildman–Crippen MR) is 120 cm³/mol. The lowest BCUT2D eigenvalue weighted by atomic mass is 10.0. The highest BCUT2D eigenvalue weighted by atomic mass is 16.6. The van der Waals surface area contributed by atoms with Gasteiger partial charge in [-0.05, 0) is 67.4 Å². The first-order chi connectivity index (χ1) is 14.8. The minimum Gasteiger partial charge on any atom is -0.497 e. The third-order valence-corrected chi connectivity index (χ3v) is 5.15. The van der Waals surface area contributed by atoms with E-state index in [1.165, 1.54) is 4.90 Å². The number of carbonyl (C=O) groups excluding carboxylic acids is 2. The van der Waals surface area contributed by atoms with Crippen molar-refractivity contribution >= 4 is 28.5 Å². The number of fused-ring (bicyclic) bond motifs is 1. The third kappa shape index (κ3) is 4.48. The molecule has 0 aliphatic carbocycles. The number of hydrogen-bond acceptors (Lipinski definition) is 4. The van der Waals surface area contributed by atoms with Gasteiger partial charge in [-0.25, -0.2) is 4.79 Å². The zero-order valence-corrected chi connectivity index (χ0v) is 18.1. The Morgan fingerprint density at radius 2 is 1.61 bits per heavy atom. The Hall–Kier alpha value is -3.54. The number of nitrogens with zero attached hydrogens (tertiary/aromatic N) is 1. The topological polar surface area (TPSA) is 67.6 Å². The van der Waals surface area contributed by atoms with E-state index in [1.54, 1.807) is 31.4 Å². The molecule has 0 saturated carbocycles. The number of ether oxygens (including phenoxy) is 2. The quantitative estimate of drug-likeness (QED) is 0.595. The number of amides is 2. The predicted octanol–water partition coefficient (Wildman–Crippen LogP) is 5.15. The highest BCUT2D eigenvalue weighted by Gasteiger charge is 2.58. The lowest BCUT2D eigenvalue weighted by Crippen LogP contribution is -2.30. The first-order valence-electron chi connectivity index (χ1n) is 10.2. The van der Waals surface area contributed by atoms with Gasteiger partial charge < -0.3 is 14.8 Å². The van der Waals surface area contributed by atoms with E-state index in [-0.39, 0.29) is 11.9 Å². The highest BCUT2D eigenvalue weighted by Crippen LogP contribution is 2.45. The summed E-state index contributed by atoms with van der Waals surface area (Å²) in [4.78, 5) is 27.4. The molecule has 0 aromatic heterocycles. The van der Waals surface area contributed by atoms with Crippen LogP contribution in [0.2, 0.25) is 0 Å². The number of methoxy groups -OCH3 is 1. The van der Waals surface area contributed by atoms with E-state index in [2.05, 4.69) is 5.32 Å². The molecule has 2 amide bonds. The number of anilines is 1. The average molecular weight is 418 g/mol. The van der Waals surface area contributed by atoms with Crippen molar-refractivity contribution in [3.05, 3.63) is 72.3 Å². The molecule has 3 aromatic rings. The summed E-state index contributed by atoms with van der Waals surface area (Å²) < 4.78 is 10.7. The van der Waals surface area contributed by atoms with Gasteiger partial charge in [0.15, 0.2) is 0 Å². The molecule has 0 radical (unpaired) electrons. The molecular weight excluding hydrogens is 392 g/mol. The van der Waals surface area contributed by atoms with Crippen LogP contribution in [0.3, 0.4) is 0 Å². The Bertz CT molecular complexity index is 1120. The van der Waals surface area contributed by atoms with Crippen molar-refractivity contribution in [3.8, 4) is 5.75 Å². The molecule has 160 valence electrons. The molecular formula is C25H26N2O4. The van der Waals surface area contributed by atoms with Crippen molar-refractivity contribution in [1.82, 2.24) is 4.90 Å². The zero-order chi connectivity index (χ0) is 22.2. The van der Waals surface area contributed by atoms with Gasteiger partial charge in [0.1, 0.15) is 17.4 Å². The molecule has 1 heterocycles. The van der Waals surface area contributed by atoms with Crippen LogP contribution in [0.5, 0.6) is 5.75 Å². The fraction of sp³-hybridized carbons (Fsp3) is 0.280. The molecule has 0 spiro atoms. The van der Waals surface area contributed by atoms with Crippen LogP contribution in [0.1, 0.15) is 32.4 Å². The van der Waals surface area contributed by atoms with Crippen molar-refractivity contribution in [3.63, 3.8) is 0 Å². The Balaban J connectivity index is 1.60. The van der Waals surface area contributed by atoms with E-state index in [4.69, 9.17) is 9.47 Å². The summed E-state index contributed by atoms with van der Waals surface area (Å²) in [6, 6.07) is 20.1. The molecule has 1 aliphatic rings. The van der Waals surface area contributed by atoms with Gasteiger partial charge in [-0.1, -0.05) is 36.4 Å².